The van der Waals surface area contributed by atoms with Crippen molar-refractivity contribution in [2.24, 2.45) is 0 Å². The molecule has 0 aliphatic heterocycles. The highest BCUT2D eigenvalue weighted by atomic mass is 32.1. The highest BCUT2D eigenvalue weighted by molar-refractivity contribution is 7.12. The Bertz CT molecular complexity index is 611. The Balaban J connectivity index is 1.73. The van der Waals surface area contributed by atoms with Gasteiger partial charge in [0.15, 0.2) is 17.1 Å². The van der Waals surface area contributed by atoms with Crippen LogP contribution in [0.3, 0.4) is 0 Å². The number of nitrogens with zero attached hydrogens (tertiary/aromatic N) is 4. The Morgan fingerprint density at radius 3 is 2.62 bits per heavy atom. The Morgan fingerprint density at radius 1 is 1.19 bits per heavy atom. The maximum Gasteiger partial charge on any atom is 0.222 e. The van der Waals surface area contributed by atoms with E-state index in [1.807, 2.05) is 6.07 Å². The van der Waals surface area contributed by atoms with Gasteiger partial charge in [-0.1, -0.05) is 11.3 Å². The van der Waals surface area contributed by atoms with Gasteiger partial charge in [-0.25, -0.2) is 0 Å². The third kappa shape index (κ3) is 4.99. The summed E-state index contributed by atoms with van der Waals surface area (Å²) in [5.41, 5.74) is 0.884. The first-order valence-corrected chi connectivity index (χ1v) is 7.37. The molecular weight excluding hydrogens is 290 g/mol. The van der Waals surface area contributed by atoms with Crippen LogP contribution >= 0.6 is 11.3 Å². The van der Waals surface area contributed by atoms with E-state index in [9.17, 15) is 9.59 Å². The molecule has 0 unspecified atom stereocenters. The lowest BCUT2D eigenvalue weighted by molar-refractivity contribution is -0.114. The second kappa shape index (κ2) is 7.53. The number of aldehydes is 1. The molecule has 0 spiro atoms. The maximum atomic E-state index is 10.9. The van der Waals surface area contributed by atoms with E-state index in [2.05, 4.69) is 25.7 Å². The number of nitrogens with one attached hydrogen (secondary N) is 1. The van der Waals surface area contributed by atoms with E-state index in [0.717, 1.165) is 36.4 Å². The molecule has 0 saturated heterocycles. The number of carbonyl (C=O) groups excluding carboxylic acids is 2. The van der Waals surface area contributed by atoms with Crippen molar-refractivity contribution in [1.82, 2.24) is 20.4 Å². The van der Waals surface area contributed by atoms with Gasteiger partial charge in [0.2, 0.25) is 5.91 Å². The largest absolute Gasteiger partial charge is 0.309 e. The van der Waals surface area contributed by atoms with Crippen molar-refractivity contribution < 1.29 is 9.59 Å². The summed E-state index contributed by atoms with van der Waals surface area (Å²) >= 11 is 1.33. The molecule has 0 radical (unpaired) electrons. The Kier molecular flexibility index (Phi) is 5.44. The van der Waals surface area contributed by atoms with Crippen LogP contribution in [-0.4, -0.2) is 32.6 Å². The van der Waals surface area contributed by atoms with Gasteiger partial charge in [0.1, 0.15) is 5.01 Å². The zero-order chi connectivity index (χ0) is 15.1. The smallest absolute Gasteiger partial charge is 0.222 e. The lowest BCUT2D eigenvalue weighted by Gasteiger charge is -2.02. The molecule has 2 aromatic rings. The first kappa shape index (κ1) is 15.2. The third-order valence-corrected chi connectivity index (χ3v) is 3.59. The molecule has 0 atom stereocenters. The predicted octanol–water partition coefficient (Wildman–Crippen LogP) is 1.66. The van der Waals surface area contributed by atoms with Gasteiger partial charge in [-0.15, -0.1) is 15.3 Å². The number of rotatable bonds is 7. The van der Waals surface area contributed by atoms with Gasteiger partial charge in [-0.05, 0) is 31.4 Å². The summed E-state index contributed by atoms with van der Waals surface area (Å²) in [6.07, 6.45) is 4.23. The number of anilines is 1. The van der Waals surface area contributed by atoms with Crippen molar-refractivity contribution in [3.8, 4) is 0 Å². The minimum absolute atomic E-state index is 0.163. The van der Waals surface area contributed by atoms with Crippen LogP contribution in [0, 0.1) is 0 Å². The third-order valence-electron chi connectivity index (χ3n) is 2.68. The van der Waals surface area contributed by atoms with Gasteiger partial charge in [-0.3, -0.25) is 9.59 Å². The lowest BCUT2D eigenvalue weighted by Crippen LogP contribution is -2.08. The number of carbonyl (C=O) groups is 2. The van der Waals surface area contributed by atoms with Gasteiger partial charge < -0.3 is 5.32 Å². The second-order valence-electron chi connectivity index (χ2n) is 4.45. The molecule has 0 fully saturated rings. The minimum atomic E-state index is -0.163. The number of hydrogen-bond acceptors (Lipinski definition) is 7. The molecule has 8 heteroatoms. The van der Waals surface area contributed by atoms with Crippen molar-refractivity contribution >= 4 is 29.3 Å². The van der Waals surface area contributed by atoms with E-state index < -0.39 is 0 Å². The van der Waals surface area contributed by atoms with Crippen molar-refractivity contribution in [1.29, 1.82) is 0 Å². The number of aromatic nitrogens is 4. The average molecular weight is 305 g/mol. The molecule has 0 bridgehead atoms. The average Bonchev–Trinajstić information content (AvgIpc) is 2.93. The summed E-state index contributed by atoms with van der Waals surface area (Å²) in [6, 6.07) is 3.60. The first-order chi connectivity index (χ1) is 10.2. The van der Waals surface area contributed by atoms with E-state index in [1.165, 1.54) is 18.3 Å². The van der Waals surface area contributed by atoms with E-state index in [-0.39, 0.29) is 5.91 Å². The fraction of sp³-hybridized carbons (Fsp3) is 0.385. The summed E-state index contributed by atoms with van der Waals surface area (Å²) in [5.74, 6) is 0.297. The van der Waals surface area contributed by atoms with E-state index in [4.69, 9.17) is 0 Å². The maximum absolute atomic E-state index is 10.9. The zero-order valence-corrected chi connectivity index (χ0v) is 12.4. The summed E-state index contributed by atoms with van der Waals surface area (Å²) in [6.45, 7) is 1.43. The standard InChI is InChI=1S/C13H15N5O2S/c1-9(20)14-11-7-6-10(15-16-11)4-2-3-5-12-17-18-13(8-19)21-12/h6-8H,2-5H2,1H3,(H,14,16,20). The SMILES string of the molecule is CC(=O)Nc1ccc(CCCCc2nnc(C=O)s2)nn1. The van der Waals surface area contributed by atoms with Crippen LogP contribution in [0.4, 0.5) is 5.82 Å². The Hall–Kier alpha value is -2.22. The van der Waals surface area contributed by atoms with Crippen LogP contribution < -0.4 is 5.32 Å². The first-order valence-electron chi connectivity index (χ1n) is 6.55. The van der Waals surface area contributed by atoms with Crippen molar-refractivity contribution in [3.63, 3.8) is 0 Å². The number of hydrogen-bond donors (Lipinski definition) is 1. The molecule has 1 N–H and O–H groups in total. The van der Waals surface area contributed by atoms with Gasteiger partial charge in [0.25, 0.3) is 0 Å². The van der Waals surface area contributed by atoms with E-state index in [0.29, 0.717) is 17.1 Å². The molecular formula is C13H15N5O2S. The summed E-state index contributed by atoms with van der Waals surface area (Å²) in [7, 11) is 0. The summed E-state index contributed by atoms with van der Waals surface area (Å²) in [5, 5.41) is 19.5. The van der Waals surface area contributed by atoms with Crippen LogP contribution in [0.2, 0.25) is 0 Å². The molecule has 2 heterocycles. The quantitative estimate of drug-likeness (QED) is 0.617. The fourth-order valence-electron chi connectivity index (χ4n) is 1.74. The van der Waals surface area contributed by atoms with Crippen molar-refractivity contribution in [3.05, 3.63) is 27.8 Å². The number of aryl methyl sites for hydroxylation is 2. The molecule has 0 aliphatic carbocycles. The van der Waals surface area contributed by atoms with Crippen LogP contribution in [0.25, 0.3) is 0 Å². The lowest BCUT2D eigenvalue weighted by atomic mass is 10.1. The molecule has 1 amide bonds. The van der Waals surface area contributed by atoms with E-state index >= 15 is 0 Å². The fourth-order valence-corrected chi connectivity index (χ4v) is 2.44. The van der Waals surface area contributed by atoms with Crippen molar-refractivity contribution in [2.75, 3.05) is 5.32 Å². The summed E-state index contributed by atoms with van der Waals surface area (Å²) < 4.78 is 0. The highest BCUT2D eigenvalue weighted by Crippen LogP contribution is 2.12. The Labute approximate surface area is 125 Å². The van der Waals surface area contributed by atoms with Gasteiger partial charge in [-0.2, -0.15) is 5.10 Å². The number of unbranched alkanes of at least 4 members (excludes halogenated alkanes) is 1. The van der Waals surface area contributed by atoms with Crippen LogP contribution in [0.5, 0.6) is 0 Å². The second-order valence-corrected chi connectivity index (χ2v) is 5.54. The summed E-state index contributed by atoms with van der Waals surface area (Å²) in [4.78, 5) is 21.4. The molecule has 110 valence electrons. The highest BCUT2D eigenvalue weighted by Gasteiger charge is 2.04. The van der Waals surface area contributed by atoms with Gasteiger partial charge in [0, 0.05) is 13.3 Å². The molecule has 0 aromatic carbocycles. The normalized spacial score (nSPS) is 10.3. The van der Waals surface area contributed by atoms with Gasteiger partial charge in [0.05, 0.1) is 5.69 Å². The van der Waals surface area contributed by atoms with Crippen LogP contribution in [-0.2, 0) is 17.6 Å². The predicted molar refractivity (Wildman–Crippen MR) is 78.3 cm³/mol. The zero-order valence-electron chi connectivity index (χ0n) is 11.6. The monoisotopic (exact) mass is 305 g/mol. The molecule has 2 rings (SSSR count). The molecule has 7 nitrogen and oxygen atoms in total. The Morgan fingerprint density at radius 2 is 2.00 bits per heavy atom. The van der Waals surface area contributed by atoms with Crippen LogP contribution in [0.15, 0.2) is 12.1 Å². The molecule has 2 aromatic heterocycles. The van der Waals surface area contributed by atoms with Crippen molar-refractivity contribution in [2.45, 2.75) is 32.6 Å². The van der Waals surface area contributed by atoms with Gasteiger partial charge >= 0.3 is 0 Å². The van der Waals surface area contributed by atoms with Crippen LogP contribution in [0.1, 0.15) is 40.3 Å². The topological polar surface area (TPSA) is 97.7 Å². The molecule has 0 aliphatic rings. The molecule has 21 heavy (non-hydrogen) atoms. The molecule has 0 saturated carbocycles. The number of amides is 1. The van der Waals surface area contributed by atoms with E-state index in [1.54, 1.807) is 6.07 Å². The minimum Gasteiger partial charge on any atom is -0.309 e.